The van der Waals surface area contributed by atoms with E-state index in [9.17, 15) is 9.59 Å². The van der Waals surface area contributed by atoms with Gasteiger partial charge >= 0.3 is 6.09 Å². The maximum absolute atomic E-state index is 13.2. The number of aromatic nitrogens is 1. The molecule has 1 aromatic carbocycles. The molecule has 2 aromatic rings. The molecule has 1 spiro atoms. The van der Waals surface area contributed by atoms with Crippen LogP contribution in [-0.2, 0) is 21.4 Å². The molecule has 1 saturated heterocycles. The van der Waals surface area contributed by atoms with E-state index in [0.29, 0.717) is 30.4 Å². The van der Waals surface area contributed by atoms with Crippen LogP contribution >= 0.6 is 34.7 Å². The number of carbonyl (C=O) groups excluding carboxylic acids is 2. The van der Waals surface area contributed by atoms with E-state index >= 15 is 0 Å². The quantitative estimate of drug-likeness (QED) is 0.680. The minimum absolute atomic E-state index is 0.0278. The first-order valence-electron chi connectivity index (χ1n) is 9.57. The molecule has 1 atom stereocenters. The molecule has 3 heterocycles. The van der Waals surface area contributed by atoms with Crippen molar-refractivity contribution in [1.82, 2.24) is 9.88 Å². The van der Waals surface area contributed by atoms with Crippen molar-refractivity contribution in [3.05, 3.63) is 40.0 Å². The van der Waals surface area contributed by atoms with Gasteiger partial charge in [-0.1, -0.05) is 11.6 Å². The van der Waals surface area contributed by atoms with Gasteiger partial charge in [0.25, 0.3) is 0 Å². The van der Waals surface area contributed by atoms with Crippen LogP contribution < -0.4 is 4.90 Å². The van der Waals surface area contributed by atoms with E-state index in [1.54, 1.807) is 22.1 Å². The van der Waals surface area contributed by atoms with Gasteiger partial charge in [0, 0.05) is 41.5 Å². The molecule has 1 unspecified atom stereocenters. The highest BCUT2D eigenvalue weighted by molar-refractivity contribution is 8.01. The summed E-state index contributed by atoms with van der Waals surface area (Å²) in [7, 11) is 1.38. The second-order valence-electron chi connectivity index (χ2n) is 7.39. The van der Waals surface area contributed by atoms with Gasteiger partial charge in [-0.15, -0.1) is 23.1 Å². The SMILES string of the molecule is COC(=O)N1CCC2(C1)CN(C(=O)Cc1ncc(SCCO)s1)c1ccc(Cl)cc12. The van der Waals surface area contributed by atoms with Gasteiger partial charge in [0.05, 0.1) is 30.5 Å². The van der Waals surface area contributed by atoms with Crippen molar-refractivity contribution in [3.8, 4) is 0 Å². The minimum Gasteiger partial charge on any atom is -0.453 e. The van der Waals surface area contributed by atoms with Crippen LogP contribution in [0.4, 0.5) is 10.5 Å². The molecular weight excluding hydrogens is 446 g/mol. The Bertz CT molecular complexity index is 969. The van der Waals surface area contributed by atoms with Crippen molar-refractivity contribution in [2.45, 2.75) is 22.5 Å². The van der Waals surface area contributed by atoms with Crippen molar-refractivity contribution < 1.29 is 19.4 Å². The number of halogens is 1. The van der Waals surface area contributed by atoms with Crippen molar-refractivity contribution in [3.63, 3.8) is 0 Å². The number of benzene rings is 1. The Morgan fingerprint density at radius 3 is 3.00 bits per heavy atom. The van der Waals surface area contributed by atoms with Gasteiger partial charge in [-0.05, 0) is 30.2 Å². The number of hydrogen-bond donors (Lipinski definition) is 1. The number of aliphatic hydroxyl groups is 1. The summed E-state index contributed by atoms with van der Waals surface area (Å²) in [6.07, 6.45) is 2.36. The van der Waals surface area contributed by atoms with E-state index in [4.69, 9.17) is 21.4 Å². The number of likely N-dealkylation sites (tertiary alicyclic amines) is 1. The Balaban J connectivity index is 1.55. The number of ether oxygens (including phenoxy) is 1. The van der Waals surface area contributed by atoms with Crippen molar-refractivity contribution in [2.24, 2.45) is 0 Å². The fourth-order valence-electron chi connectivity index (χ4n) is 4.18. The minimum atomic E-state index is -0.351. The fraction of sp³-hybridized carbons (Fsp3) is 0.450. The maximum atomic E-state index is 13.2. The summed E-state index contributed by atoms with van der Waals surface area (Å²) in [5.41, 5.74) is 1.52. The van der Waals surface area contributed by atoms with Gasteiger partial charge in [0.1, 0.15) is 5.01 Å². The molecule has 2 aliphatic heterocycles. The number of rotatable bonds is 5. The first-order valence-corrected chi connectivity index (χ1v) is 11.8. The molecule has 7 nitrogen and oxygen atoms in total. The molecule has 0 bridgehead atoms. The lowest BCUT2D eigenvalue weighted by molar-refractivity contribution is -0.118. The van der Waals surface area contributed by atoms with E-state index in [0.717, 1.165) is 26.9 Å². The second kappa shape index (κ2) is 8.74. The standard InChI is InChI=1S/C20H22ClN3O4S2/c1-28-19(27)23-5-4-20(11-23)12-24(15-3-2-13(21)8-14(15)20)17(26)9-16-22-10-18(30-16)29-7-6-25/h2-3,8,10,25H,4-7,9,11-12H2,1H3. The molecule has 160 valence electrons. The summed E-state index contributed by atoms with van der Waals surface area (Å²) >= 11 is 9.28. The summed E-state index contributed by atoms with van der Waals surface area (Å²) in [5.74, 6) is 0.578. The Kier molecular flexibility index (Phi) is 6.24. The van der Waals surface area contributed by atoms with Gasteiger partial charge < -0.3 is 19.6 Å². The van der Waals surface area contributed by atoms with Crippen LogP contribution in [0.1, 0.15) is 17.0 Å². The predicted molar refractivity (Wildman–Crippen MR) is 118 cm³/mol. The number of amides is 2. The lowest BCUT2D eigenvalue weighted by Crippen LogP contribution is -2.40. The van der Waals surface area contributed by atoms with Crippen LogP contribution in [0.15, 0.2) is 28.6 Å². The van der Waals surface area contributed by atoms with Crippen molar-refractivity contribution in [1.29, 1.82) is 0 Å². The van der Waals surface area contributed by atoms with E-state index in [1.165, 1.54) is 30.2 Å². The number of fused-ring (bicyclic) bond motifs is 2. The van der Waals surface area contributed by atoms with Crippen LogP contribution in [0.2, 0.25) is 5.02 Å². The molecule has 4 rings (SSSR count). The zero-order valence-corrected chi connectivity index (χ0v) is 18.9. The van der Waals surface area contributed by atoms with Crippen LogP contribution in [0, 0.1) is 0 Å². The zero-order chi connectivity index (χ0) is 21.3. The molecule has 1 aromatic heterocycles. The normalized spacial score (nSPS) is 20.1. The summed E-state index contributed by atoms with van der Waals surface area (Å²) < 4.78 is 5.88. The lowest BCUT2D eigenvalue weighted by Gasteiger charge is -2.25. The Labute approximate surface area is 188 Å². The maximum Gasteiger partial charge on any atom is 0.409 e. The molecule has 2 amide bonds. The first kappa shape index (κ1) is 21.4. The van der Waals surface area contributed by atoms with E-state index in [-0.39, 0.29) is 30.4 Å². The Morgan fingerprint density at radius 2 is 2.23 bits per heavy atom. The van der Waals surface area contributed by atoms with E-state index < -0.39 is 0 Å². The third-order valence-electron chi connectivity index (χ3n) is 5.54. The number of aliphatic hydroxyl groups excluding tert-OH is 1. The van der Waals surface area contributed by atoms with Gasteiger partial charge in [0.15, 0.2) is 0 Å². The molecule has 0 aliphatic carbocycles. The number of anilines is 1. The molecule has 30 heavy (non-hydrogen) atoms. The largest absolute Gasteiger partial charge is 0.453 e. The number of methoxy groups -OCH3 is 1. The number of thioether (sulfide) groups is 1. The highest BCUT2D eigenvalue weighted by Crippen LogP contribution is 2.47. The topological polar surface area (TPSA) is 83.0 Å². The van der Waals surface area contributed by atoms with E-state index in [1.807, 2.05) is 12.1 Å². The second-order valence-corrected chi connectivity index (χ2v) is 10.3. The predicted octanol–water partition coefficient (Wildman–Crippen LogP) is 3.18. The van der Waals surface area contributed by atoms with Crippen molar-refractivity contribution >= 4 is 52.4 Å². The van der Waals surface area contributed by atoms with Gasteiger partial charge in [-0.25, -0.2) is 9.78 Å². The number of nitrogens with zero attached hydrogens (tertiary/aromatic N) is 3. The molecule has 1 fully saturated rings. The molecular formula is C20H22ClN3O4S2. The highest BCUT2D eigenvalue weighted by atomic mass is 35.5. The summed E-state index contributed by atoms with van der Waals surface area (Å²) in [4.78, 5) is 33.1. The monoisotopic (exact) mass is 467 g/mol. The first-order chi connectivity index (χ1) is 14.5. The van der Waals surface area contributed by atoms with Crippen LogP contribution in [0.5, 0.6) is 0 Å². The highest BCUT2D eigenvalue weighted by Gasteiger charge is 2.50. The third kappa shape index (κ3) is 4.03. The lowest BCUT2D eigenvalue weighted by atomic mass is 9.81. The number of hydrogen-bond acceptors (Lipinski definition) is 7. The average Bonchev–Trinajstić information content (AvgIpc) is 3.45. The fourth-order valence-corrected chi connectivity index (χ4v) is 6.19. The molecule has 0 radical (unpaired) electrons. The number of thiazole rings is 1. The van der Waals surface area contributed by atoms with Gasteiger partial charge in [-0.3, -0.25) is 4.79 Å². The van der Waals surface area contributed by atoms with Gasteiger partial charge in [0.2, 0.25) is 5.91 Å². The van der Waals surface area contributed by atoms with Crippen LogP contribution in [0.3, 0.4) is 0 Å². The van der Waals surface area contributed by atoms with Crippen molar-refractivity contribution in [2.75, 3.05) is 44.0 Å². The van der Waals surface area contributed by atoms with E-state index in [2.05, 4.69) is 4.98 Å². The third-order valence-corrected chi connectivity index (χ3v) is 7.95. The molecule has 0 saturated carbocycles. The molecule has 10 heteroatoms. The molecule has 2 aliphatic rings. The van der Waals surface area contributed by atoms with Crippen LogP contribution in [-0.4, -0.2) is 66.1 Å². The van der Waals surface area contributed by atoms with Gasteiger partial charge in [-0.2, -0.15) is 0 Å². The summed E-state index contributed by atoms with van der Waals surface area (Å²) in [6.45, 7) is 1.69. The van der Waals surface area contributed by atoms with Crippen LogP contribution in [0.25, 0.3) is 0 Å². The smallest absolute Gasteiger partial charge is 0.409 e. The molecule has 1 N–H and O–H groups in total. The summed E-state index contributed by atoms with van der Waals surface area (Å²) in [5, 5.41) is 10.3. The zero-order valence-electron chi connectivity index (χ0n) is 16.5. The Morgan fingerprint density at radius 1 is 1.40 bits per heavy atom. The number of carbonyl (C=O) groups is 2. The average molecular weight is 468 g/mol. The summed E-state index contributed by atoms with van der Waals surface area (Å²) in [6, 6.07) is 5.59. The Hall–Kier alpha value is -1.81.